The monoisotopic (exact) mass is 411 g/mol. The lowest BCUT2D eigenvalue weighted by molar-refractivity contribution is -0.120. The Hall–Kier alpha value is -2.64. The number of nitrogens with one attached hydrogen (secondary N) is 1. The summed E-state index contributed by atoms with van der Waals surface area (Å²) in [7, 11) is -3.58. The first-order valence-electron chi connectivity index (χ1n) is 9.94. The summed E-state index contributed by atoms with van der Waals surface area (Å²) < 4.78 is 29.3. The van der Waals surface area contributed by atoms with Crippen molar-refractivity contribution in [2.24, 2.45) is 5.92 Å². The number of fused-ring (bicyclic) bond motifs is 1. The molecule has 1 unspecified atom stereocenters. The zero-order chi connectivity index (χ0) is 20.4. The fourth-order valence-electron chi connectivity index (χ4n) is 3.91. The van der Waals surface area contributed by atoms with Crippen LogP contribution < -0.4 is 5.32 Å². The van der Waals surface area contributed by atoms with Gasteiger partial charge in [0.15, 0.2) is 0 Å². The molecule has 2 aromatic carbocycles. The molecule has 1 fully saturated rings. The number of carbonyl (C=O) groups is 1. The maximum atomic E-state index is 12.9. The van der Waals surface area contributed by atoms with Crippen LogP contribution in [-0.2, 0) is 21.4 Å². The van der Waals surface area contributed by atoms with E-state index in [4.69, 9.17) is 0 Å². The molecule has 0 aliphatic carbocycles. The fourth-order valence-corrected chi connectivity index (χ4v) is 5.46. The lowest BCUT2D eigenvalue weighted by atomic mass is 9.98. The molecule has 3 aromatic rings. The summed E-state index contributed by atoms with van der Waals surface area (Å²) in [5.41, 5.74) is 1.86. The van der Waals surface area contributed by atoms with E-state index in [9.17, 15) is 13.2 Å². The molecule has 1 amide bonds. The van der Waals surface area contributed by atoms with E-state index in [0.29, 0.717) is 19.4 Å². The molecule has 152 valence electrons. The van der Waals surface area contributed by atoms with Crippen molar-refractivity contribution in [3.05, 3.63) is 60.8 Å². The number of amides is 1. The summed E-state index contributed by atoms with van der Waals surface area (Å²) in [6.45, 7) is 3.63. The number of carbonyl (C=O) groups excluding carboxylic acids is 1. The third-order valence-electron chi connectivity index (χ3n) is 5.52. The lowest BCUT2D eigenvalue weighted by Gasteiger charge is -2.31. The predicted octanol–water partition coefficient (Wildman–Crippen LogP) is 3.70. The zero-order valence-corrected chi connectivity index (χ0v) is 17.2. The largest absolute Gasteiger partial charge is 0.348 e. The van der Waals surface area contributed by atoms with Crippen LogP contribution in [0.3, 0.4) is 0 Å². The zero-order valence-electron chi connectivity index (χ0n) is 16.4. The van der Waals surface area contributed by atoms with E-state index in [2.05, 4.69) is 16.8 Å². The molecular weight excluding hydrogens is 386 g/mol. The normalized spacial score (nSPS) is 18.0. The minimum absolute atomic E-state index is 0.132. The van der Waals surface area contributed by atoms with Crippen LogP contribution in [0.2, 0.25) is 0 Å². The van der Waals surface area contributed by atoms with Gasteiger partial charge < -0.3 is 9.88 Å². The van der Waals surface area contributed by atoms with Crippen molar-refractivity contribution < 1.29 is 13.2 Å². The smallest absolute Gasteiger partial charge is 0.243 e. The second-order valence-corrected chi connectivity index (χ2v) is 9.32. The Morgan fingerprint density at radius 3 is 2.69 bits per heavy atom. The number of rotatable bonds is 5. The number of hydrogen-bond acceptors (Lipinski definition) is 3. The van der Waals surface area contributed by atoms with Crippen molar-refractivity contribution in [2.45, 2.75) is 31.2 Å². The molecule has 6 nitrogen and oxygen atoms in total. The van der Waals surface area contributed by atoms with Crippen LogP contribution in [0.15, 0.2) is 65.7 Å². The van der Waals surface area contributed by atoms with Gasteiger partial charge in [-0.1, -0.05) is 18.2 Å². The summed E-state index contributed by atoms with van der Waals surface area (Å²) in [6.07, 6.45) is 3.38. The predicted molar refractivity (Wildman–Crippen MR) is 114 cm³/mol. The minimum atomic E-state index is -3.58. The molecule has 2 heterocycles. The summed E-state index contributed by atoms with van der Waals surface area (Å²) in [6, 6.07) is 16.3. The van der Waals surface area contributed by atoms with Gasteiger partial charge in [0.05, 0.1) is 10.8 Å². The summed E-state index contributed by atoms with van der Waals surface area (Å²) in [4.78, 5) is 13.1. The first-order chi connectivity index (χ1) is 14.0. The maximum absolute atomic E-state index is 12.9. The Labute approximate surface area is 171 Å². The number of aromatic nitrogens is 1. The van der Waals surface area contributed by atoms with Gasteiger partial charge in [0.2, 0.25) is 15.9 Å². The van der Waals surface area contributed by atoms with Gasteiger partial charge in [-0.25, -0.2) is 8.42 Å². The average Bonchev–Trinajstić information content (AvgIpc) is 3.17. The molecule has 0 radical (unpaired) electrons. The van der Waals surface area contributed by atoms with Crippen LogP contribution in [0.1, 0.15) is 19.8 Å². The van der Waals surface area contributed by atoms with Crippen molar-refractivity contribution in [1.82, 2.24) is 8.87 Å². The first-order valence-corrected chi connectivity index (χ1v) is 11.4. The molecule has 29 heavy (non-hydrogen) atoms. The van der Waals surface area contributed by atoms with Gasteiger partial charge >= 0.3 is 0 Å². The molecule has 0 saturated carbocycles. The van der Waals surface area contributed by atoms with Gasteiger partial charge in [0, 0.05) is 42.4 Å². The Balaban J connectivity index is 1.48. The van der Waals surface area contributed by atoms with E-state index in [-0.39, 0.29) is 23.3 Å². The standard InChI is InChI=1S/C22H25N3O3S/c1-2-24-14-12-17-15-19(10-11-21(17)24)23-22(26)18-7-6-13-25(16-18)29(27,28)20-8-4-3-5-9-20/h3-5,8-12,14-15,18H,2,6-7,13,16H2,1H3,(H,23,26). The Bertz CT molecular complexity index is 1120. The first kappa shape index (κ1) is 19.7. The number of nitrogens with zero attached hydrogens (tertiary/aromatic N) is 2. The number of sulfonamides is 1. The Morgan fingerprint density at radius 2 is 1.93 bits per heavy atom. The van der Waals surface area contributed by atoms with Crippen LogP contribution in [-0.4, -0.2) is 36.3 Å². The molecule has 4 rings (SSSR count). The second kappa shape index (κ2) is 8.00. The third-order valence-corrected chi connectivity index (χ3v) is 7.39. The van der Waals surface area contributed by atoms with Gasteiger partial charge in [-0.2, -0.15) is 4.31 Å². The van der Waals surface area contributed by atoms with Crippen LogP contribution in [0.4, 0.5) is 5.69 Å². The van der Waals surface area contributed by atoms with Gasteiger partial charge in [-0.3, -0.25) is 4.79 Å². The van der Waals surface area contributed by atoms with Gasteiger partial charge in [0.25, 0.3) is 0 Å². The Morgan fingerprint density at radius 1 is 1.14 bits per heavy atom. The van der Waals surface area contributed by atoms with Crippen LogP contribution in [0.5, 0.6) is 0 Å². The SMILES string of the molecule is CCn1ccc2cc(NC(=O)C3CCCN(S(=O)(=O)c4ccccc4)C3)ccc21. The van der Waals surface area contributed by atoms with Crippen LogP contribution in [0, 0.1) is 5.92 Å². The van der Waals surface area contributed by atoms with E-state index in [1.54, 1.807) is 30.3 Å². The summed E-state index contributed by atoms with van der Waals surface area (Å²) in [5.74, 6) is -0.495. The van der Waals surface area contributed by atoms with Crippen molar-refractivity contribution in [3.8, 4) is 0 Å². The number of hydrogen-bond donors (Lipinski definition) is 1. The molecule has 1 aliphatic rings. The highest BCUT2D eigenvalue weighted by Gasteiger charge is 2.33. The molecule has 0 spiro atoms. The third kappa shape index (κ3) is 3.93. The van der Waals surface area contributed by atoms with Crippen molar-refractivity contribution in [1.29, 1.82) is 0 Å². The Kier molecular flexibility index (Phi) is 5.43. The highest BCUT2D eigenvalue weighted by Crippen LogP contribution is 2.26. The highest BCUT2D eigenvalue weighted by molar-refractivity contribution is 7.89. The second-order valence-electron chi connectivity index (χ2n) is 7.38. The van der Waals surface area contributed by atoms with Crippen molar-refractivity contribution >= 4 is 32.5 Å². The number of piperidine rings is 1. The molecule has 1 saturated heterocycles. The molecule has 7 heteroatoms. The fraction of sp³-hybridized carbons (Fsp3) is 0.318. The molecular formula is C22H25N3O3S. The van der Waals surface area contributed by atoms with E-state index in [1.165, 1.54) is 4.31 Å². The number of anilines is 1. The molecule has 1 aromatic heterocycles. The molecule has 1 atom stereocenters. The average molecular weight is 412 g/mol. The summed E-state index contributed by atoms with van der Waals surface area (Å²) >= 11 is 0. The van der Waals surface area contributed by atoms with Crippen molar-refractivity contribution in [3.63, 3.8) is 0 Å². The van der Waals surface area contributed by atoms with E-state index in [0.717, 1.165) is 23.1 Å². The summed E-state index contributed by atoms with van der Waals surface area (Å²) in [5, 5.41) is 4.04. The van der Waals surface area contributed by atoms with E-state index in [1.807, 2.05) is 30.5 Å². The van der Waals surface area contributed by atoms with Crippen molar-refractivity contribution in [2.75, 3.05) is 18.4 Å². The number of benzene rings is 2. The molecule has 1 aliphatic heterocycles. The van der Waals surface area contributed by atoms with Crippen LogP contribution >= 0.6 is 0 Å². The van der Waals surface area contributed by atoms with Gasteiger partial charge in [0.1, 0.15) is 0 Å². The number of aryl methyl sites for hydroxylation is 1. The molecule has 1 N–H and O–H groups in total. The molecule has 0 bridgehead atoms. The highest BCUT2D eigenvalue weighted by atomic mass is 32.2. The topological polar surface area (TPSA) is 71.4 Å². The van der Waals surface area contributed by atoms with E-state index >= 15 is 0 Å². The maximum Gasteiger partial charge on any atom is 0.243 e. The quantitative estimate of drug-likeness (QED) is 0.696. The van der Waals surface area contributed by atoms with Crippen LogP contribution in [0.25, 0.3) is 10.9 Å². The van der Waals surface area contributed by atoms with E-state index < -0.39 is 10.0 Å². The lowest BCUT2D eigenvalue weighted by Crippen LogP contribution is -2.43. The van der Waals surface area contributed by atoms with Gasteiger partial charge in [-0.05, 0) is 56.2 Å². The van der Waals surface area contributed by atoms with Gasteiger partial charge in [-0.15, -0.1) is 0 Å². The minimum Gasteiger partial charge on any atom is -0.348 e.